The molecule has 0 aliphatic carbocycles. The number of benzene rings is 1. The molecule has 1 aromatic carbocycles. The molecule has 1 heterocycles. The first-order valence-electron chi connectivity index (χ1n) is 6.24. The minimum atomic E-state index is -0.00176. The van der Waals surface area contributed by atoms with Crippen molar-refractivity contribution in [1.29, 1.82) is 0 Å². The van der Waals surface area contributed by atoms with E-state index in [4.69, 9.17) is 20.4 Å². The van der Waals surface area contributed by atoms with Gasteiger partial charge < -0.3 is 20.4 Å². The van der Waals surface area contributed by atoms with Crippen molar-refractivity contribution in [3.05, 3.63) is 29.6 Å². The van der Waals surface area contributed by atoms with Crippen molar-refractivity contribution in [3.63, 3.8) is 0 Å². The zero-order chi connectivity index (χ0) is 15.2. The zero-order valence-corrected chi connectivity index (χ0v) is 11.7. The van der Waals surface area contributed by atoms with Gasteiger partial charge in [-0.05, 0) is 30.3 Å². The lowest BCUT2D eigenvalue weighted by molar-refractivity contribution is 0.263. The van der Waals surface area contributed by atoms with Crippen molar-refractivity contribution in [2.75, 3.05) is 6.61 Å². The second-order valence-corrected chi connectivity index (χ2v) is 4.06. The molecule has 112 valence electrons. The Morgan fingerprint density at radius 3 is 2.81 bits per heavy atom. The van der Waals surface area contributed by atoms with Gasteiger partial charge in [0.05, 0.1) is 13.7 Å². The van der Waals surface area contributed by atoms with E-state index in [1.165, 1.54) is 4.80 Å². The van der Waals surface area contributed by atoms with Gasteiger partial charge in [-0.25, -0.2) is 0 Å². The molecule has 0 atom stereocenters. The van der Waals surface area contributed by atoms with Gasteiger partial charge in [0.2, 0.25) is 5.82 Å². The molecule has 0 aliphatic heterocycles. The summed E-state index contributed by atoms with van der Waals surface area (Å²) in [6.45, 7) is 2.47. The molecule has 3 N–H and O–H groups in total. The molecule has 0 saturated heterocycles. The Bertz CT molecular complexity index is 640. The summed E-state index contributed by atoms with van der Waals surface area (Å²) in [4.78, 5) is 1.35. The van der Waals surface area contributed by atoms with Gasteiger partial charge in [-0.2, -0.15) is 4.80 Å². The van der Waals surface area contributed by atoms with Crippen LogP contribution >= 0.6 is 0 Å². The van der Waals surface area contributed by atoms with Crippen LogP contribution in [0.4, 0.5) is 0 Å². The molecule has 0 saturated carbocycles. The molecule has 9 nitrogen and oxygen atoms in total. The first kappa shape index (κ1) is 14.6. The standard InChI is InChI=1S/C12H16N6O3/c1-3-20-10-6-8(12(13)16-19)4-5-9(10)21-7-11-14-17-18(2)15-11/h4-6,19H,3,7H2,1-2H3,(H2,13,16). The van der Waals surface area contributed by atoms with Crippen LogP contribution in [0.25, 0.3) is 0 Å². The van der Waals surface area contributed by atoms with Crippen LogP contribution in [0.3, 0.4) is 0 Å². The summed E-state index contributed by atoms with van der Waals surface area (Å²) in [5.74, 6) is 1.46. The number of rotatable bonds is 6. The maximum absolute atomic E-state index is 8.70. The number of nitrogens with zero attached hydrogens (tertiary/aromatic N) is 5. The third-order valence-electron chi connectivity index (χ3n) is 2.55. The number of oxime groups is 1. The fourth-order valence-electron chi connectivity index (χ4n) is 1.64. The van der Waals surface area contributed by atoms with Crippen molar-refractivity contribution in [1.82, 2.24) is 20.2 Å². The summed E-state index contributed by atoms with van der Waals surface area (Å²) in [5.41, 5.74) is 6.08. The third-order valence-corrected chi connectivity index (χ3v) is 2.55. The van der Waals surface area contributed by atoms with Crippen molar-refractivity contribution < 1.29 is 14.7 Å². The molecule has 2 rings (SSSR count). The largest absolute Gasteiger partial charge is 0.490 e. The Morgan fingerprint density at radius 2 is 2.19 bits per heavy atom. The van der Waals surface area contributed by atoms with E-state index >= 15 is 0 Å². The van der Waals surface area contributed by atoms with Crippen LogP contribution in [0.2, 0.25) is 0 Å². The van der Waals surface area contributed by atoms with Gasteiger partial charge in [0, 0.05) is 5.56 Å². The van der Waals surface area contributed by atoms with E-state index in [2.05, 4.69) is 20.6 Å². The average Bonchev–Trinajstić information content (AvgIpc) is 2.91. The van der Waals surface area contributed by atoms with Gasteiger partial charge in [0.25, 0.3) is 0 Å². The van der Waals surface area contributed by atoms with Crippen LogP contribution in [0.1, 0.15) is 18.3 Å². The van der Waals surface area contributed by atoms with Crippen molar-refractivity contribution in [2.45, 2.75) is 13.5 Å². The van der Waals surface area contributed by atoms with Gasteiger partial charge in [-0.3, -0.25) is 0 Å². The number of tetrazole rings is 1. The zero-order valence-electron chi connectivity index (χ0n) is 11.7. The maximum Gasteiger partial charge on any atom is 0.212 e. The molecule has 0 unspecified atom stereocenters. The Balaban J connectivity index is 2.17. The summed E-state index contributed by atoms with van der Waals surface area (Å²) >= 11 is 0. The Morgan fingerprint density at radius 1 is 1.38 bits per heavy atom. The number of aryl methyl sites for hydroxylation is 1. The minimum Gasteiger partial charge on any atom is -0.490 e. The third kappa shape index (κ3) is 3.59. The quantitative estimate of drug-likeness (QED) is 0.339. The number of hydrogen-bond acceptors (Lipinski definition) is 7. The van der Waals surface area contributed by atoms with E-state index in [1.54, 1.807) is 25.2 Å². The van der Waals surface area contributed by atoms with Crippen LogP contribution in [0, 0.1) is 0 Å². The predicted molar refractivity (Wildman–Crippen MR) is 73.3 cm³/mol. The highest BCUT2D eigenvalue weighted by molar-refractivity contribution is 5.97. The molecule has 0 aliphatic rings. The SMILES string of the molecule is CCOc1cc(/C(N)=N/O)ccc1OCc1nnn(C)n1. The topological polar surface area (TPSA) is 121 Å². The molecule has 0 bridgehead atoms. The van der Waals surface area contributed by atoms with Crippen molar-refractivity contribution >= 4 is 5.84 Å². The molecule has 2 aromatic rings. The van der Waals surface area contributed by atoms with Gasteiger partial charge in [-0.1, -0.05) is 5.16 Å². The number of hydrogen-bond donors (Lipinski definition) is 2. The van der Waals surface area contributed by atoms with Crippen LogP contribution in [-0.4, -0.2) is 37.9 Å². The average molecular weight is 292 g/mol. The minimum absolute atomic E-state index is 0.00176. The molecule has 21 heavy (non-hydrogen) atoms. The second kappa shape index (κ2) is 6.55. The molecular weight excluding hydrogens is 276 g/mol. The number of aromatic nitrogens is 4. The van der Waals surface area contributed by atoms with Crippen LogP contribution in [0.15, 0.2) is 23.4 Å². The number of ether oxygens (including phenoxy) is 2. The smallest absolute Gasteiger partial charge is 0.212 e. The van der Waals surface area contributed by atoms with Crippen molar-refractivity contribution in [2.24, 2.45) is 17.9 Å². The van der Waals surface area contributed by atoms with E-state index in [0.717, 1.165) is 0 Å². The molecule has 0 spiro atoms. The molecule has 0 radical (unpaired) electrons. The van der Waals surface area contributed by atoms with E-state index in [-0.39, 0.29) is 12.4 Å². The van der Waals surface area contributed by atoms with Crippen molar-refractivity contribution in [3.8, 4) is 11.5 Å². The fraction of sp³-hybridized carbons (Fsp3) is 0.333. The normalized spacial score (nSPS) is 11.4. The summed E-state index contributed by atoms with van der Waals surface area (Å²) < 4.78 is 11.1. The van der Waals surface area contributed by atoms with Gasteiger partial charge in [0.15, 0.2) is 23.9 Å². The lowest BCUT2D eigenvalue weighted by Crippen LogP contribution is -2.13. The highest BCUT2D eigenvalue weighted by atomic mass is 16.5. The van der Waals surface area contributed by atoms with E-state index in [0.29, 0.717) is 29.5 Å². The number of amidine groups is 1. The predicted octanol–water partition coefficient (Wildman–Crippen LogP) is 0.282. The maximum atomic E-state index is 8.70. The lowest BCUT2D eigenvalue weighted by Gasteiger charge is -2.12. The first-order chi connectivity index (χ1) is 10.1. The summed E-state index contributed by atoms with van der Waals surface area (Å²) in [5, 5.41) is 23.2. The Labute approximate surface area is 121 Å². The summed E-state index contributed by atoms with van der Waals surface area (Å²) in [6, 6.07) is 4.98. The summed E-state index contributed by atoms with van der Waals surface area (Å²) in [6.07, 6.45) is 0. The molecule has 1 aromatic heterocycles. The molecule has 0 fully saturated rings. The van der Waals surface area contributed by atoms with Gasteiger partial charge in [-0.15, -0.1) is 10.2 Å². The van der Waals surface area contributed by atoms with E-state index < -0.39 is 0 Å². The lowest BCUT2D eigenvalue weighted by atomic mass is 10.2. The Kier molecular flexibility index (Phi) is 4.54. The molecule has 0 amide bonds. The fourth-order valence-corrected chi connectivity index (χ4v) is 1.64. The molecular formula is C12H16N6O3. The van der Waals surface area contributed by atoms with E-state index in [9.17, 15) is 0 Å². The summed E-state index contributed by atoms with van der Waals surface area (Å²) in [7, 11) is 1.67. The monoisotopic (exact) mass is 292 g/mol. The number of nitrogens with two attached hydrogens (primary N) is 1. The van der Waals surface area contributed by atoms with Crippen LogP contribution < -0.4 is 15.2 Å². The first-order valence-corrected chi connectivity index (χ1v) is 6.24. The molecule has 9 heteroatoms. The highest BCUT2D eigenvalue weighted by Crippen LogP contribution is 2.29. The Hall–Kier alpha value is -2.84. The van der Waals surface area contributed by atoms with Crippen LogP contribution in [0.5, 0.6) is 11.5 Å². The second-order valence-electron chi connectivity index (χ2n) is 4.06. The van der Waals surface area contributed by atoms with E-state index in [1.807, 2.05) is 6.92 Å². The highest BCUT2D eigenvalue weighted by Gasteiger charge is 2.10. The van der Waals surface area contributed by atoms with Crippen LogP contribution in [-0.2, 0) is 13.7 Å². The van der Waals surface area contributed by atoms with Gasteiger partial charge >= 0.3 is 0 Å². The van der Waals surface area contributed by atoms with Gasteiger partial charge in [0.1, 0.15) is 0 Å².